The molecule has 1 aliphatic heterocycles. The smallest absolute Gasteiger partial charge is 0.221 e. The van der Waals surface area contributed by atoms with E-state index in [9.17, 15) is 18.3 Å². The van der Waals surface area contributed by atoms with Crippen LogP contribution in [0.5, 0.6) is 5.75 Å². The number of ether oxygens (including phenoxy) is 1. The Morgan fingerprint density at radius 3 is 2.84 bits per heavy atom. The van der Waals surface area contributed by atoms with Gasteiger partial charge in [0.15, 0.2) is 0 Å². The number of hydrogen-bond donors (Lipinski definition) is 3. The van der Waals surface area contributed by atoms with Crippen molar-refractivity contribution in [3.05, 3.63) is 29.3 Å². The summed E-state index contributed by atoms with van der Waals surface area (Å²) in [5, 5.41) is 12.6. The number of rotatable bonds is 7. The number of fused-ring (bicyclic) bond motifs is 1. The zero-order valence-electron chi connectivity index (χ0n) is 14.2. The molecule has 25 heavy (non-hydrogen) atoms. The van der Waals surface area contributed by atoms with E-state index in [1.54, 1.807) is 0 Å². The maximum absolute atomic E-state index is 12.2. The summed E-state index contributed by atoms with van der Waals surface area (Å²) < 4.78 is 30.0. The Balaban J connectivity index is 1.67. The van der Waals surface area contributed by atoms with Crippen LogP contribution in [0, 0.1) is 5.92 Å². The van der Waals surface area contributed by atoms with Crippen molar-refractivity contribution < 1.29 is 23.1 Å². The van der Waals surface area contributed by atoms with Crippen LogP contribution in [0.4, 0.5) is 0 Å². The number of carbonyl (C=O) groups is 1. The fourth-order valence-electron chi connectivity index (χ4n) is 3.37. The number of carbonyl (C=O) groups excluding carboxylic acids is 1. The van der Waals surface area contributed by atoms with Crippen LogP contribution in [0.2, 0.25) is 0 Å². The Labute approximate surface area is 147 Å². The van der Waals surface area contributed by atoms with Crippen molar-refractivity contribution in [1.82, 2.24) is 10.0 Å². The van der Waals surface area contributed by atoms with Crippen molar-refractivity contribution in [2.75, 3.05) is 19.4 Å². The highest BCUT2D eigenvalue weighted by atomic mass is 32.2. The summed E-state index contributed by atoms with van der Waals surface area (Å²) in [6.45, 7) is 0.748. The van der Waals surface area contributed by atoms with Crippen LogP contribution in [0.25, 0.3) is 0 Å². The molecule has 1 amide bonds. The number of sulfonamides is 1. The van der Waals surface area contributed by atoms with Crippen LogP contribution in [0.3, 0.4) is 0 Å². The average molecular weight is 368 g/mol. The zero-order valence-corrected chi connectivity index (χ0v) is 15.0. The SMILES string of the molecule is CS(=O)(=O)NCCC(=O)N[C@@H](c1ccc2c(c1)CCO2)C1CC(O)C1. The van der Waals surface area contributed by atoms with E-state index >= 15 is 0 Å². The lowest BCUT2D eigenvalue weighted by atomic mass is 9.75. The van der Waals surface area contributed by atoms with Gasteiger partial charge in [-0.2, -0.15) is 0 Å². The van der Waals surface area contributed by atoms with E-state index in [0.29, 0.717) is 19.4 Å². The number of aliphatic hydroxyl groups is 1. The molecule has 0 bridgehead atoms. The Bertz CT molecular complexity index is 743. The third-order valence-electron chi connectivity index (χ3n) is 4.73. The van der Waals surface area contributed by atoms with E-state index in [2.05, 4.69) is 16.1 Å². The van der Waals surface area contributed by atoms with Gasteiger partial charge in [-0.3, -0.25) is 4.79 Å². The molecule has 1 atom stereocenters. The molecule has 0 unspecified atom stereocenters. The molecule has 0 radical (unpaired) electrons. The predicted octanol–water partition coefficient (Wildman–Crippen LogP) is 0.489. The van der Waals surface area contributed by atoms with Crippen LogP contribution in [-0.4, -0.2) is 44.9 Å². The van der Waals surface area contributed by atoms with E-state index in [4.69, 9.17) is 4.74 Å². The fourth-order valence-corrected chi connectivity index (χ4v) is 3.84. The lowest BCUT2D eigenvalue weighted by Gasteiger charge is -2.38. The average Bonchev–Trinajstić information content (AvgIpc) is 2.96. The Morgan fingerprint density at radius 1 is 1.40 bits per heavy atom. The molecular weight excluding hydrogens is 344 g/mol. The first kappa shape index (κ1) is 18.2. The normalized spacial score (nSPS) is 23.3. The lowest BCUT2D eigenvalue weighted by Crippen LogP contribution is -2.42. The summed E-state index contributed by atoms with van der Waals surface area (Å²) in [5.74, 6) is 0.862. The van der Waals surface area contributed by atoms with E-state index in [1.165, 1.54) is 0 Å². The molecule has 1 fully saturated rings. The fraction of sp³-hybridized carbons (Fsp3) is 0.588. The van der Waals surface area contributed by atoms with E-state index < -0.39 is 10.0 Å². The molecule has 0 spiro atoms. The lowest BCUT2D eigenvalue weighted by molar-refractivity contribution is -0.122. The van der Waals surface area contributed by atoms with Gasteiger partial charge in [-0.05, 0) is 42.0 Å². The van der Waals surface area contributed by atoms with Gasteiger partial charge in [0.05, 0.1) is 25.0 Å². The minimum absolute atomic E-state index is 0.0721. The van der Waals surface area contributed by atoms with Gasteiger partial charge < -0.3 is 15.2 Å². The Hall–Kier alpha value is -1.64. The van der Waals surface area contributed by atoms with Gasteiger partial charge >= 0.3 is 0 Å². The first-order chi connectivity index (χ1) is 11.8. The Morgan fingerprint density at radius 2 is 2.16 bits per heavy atom. The summed E-state index contributed by atoms with van der Waals surface area (Å²) in [6.07, 6.45) is 2.99. The van der Waals surface area contributed by atoms with Gasteiger partial charge in [0.25, 0.3) is 0 Å². The maximum Gasteiger partial charge on any atom is 0.221 e. The van der Waals surface area contributed by atoms with Crippen molar-refractivity contribution in [3.8, 4) is 5.75 Å². The minimum Gasteiger partial charge on any atom is -0.493 e. The topological polar surface area (TPSA) is 105 Å². The van der Waals surface area contributed by atoms with E-state index in [1.807, 2.05) is 12.1 Å². The largest absolute Gasteiger partial charge is 0.493 e. The van der Waals surface area contributed by atoms with Crippen molar-refractivity contribution in [1.29, 1.82) is 0 Å². The Kier molecular flexibility index (Phi) is 5.31. The minimum atomic E-state index is -3.30. The highest BCUT2D eigenvalue weighted by Gasteiger charge is 2.36. The summed E-state index contributed by atoms with van der Waals surface area (Å²) in [7, 11) is -3.30. The number of aliphatic hydroxyl groups excluding tert-OH is 1. The molecule has 1 saturated carbocycles. The van der Waals surface area contributed by atoms with Crippen molar-refractivity contribution in [3.63, 3.8) is 0 Å². The first-order valence-electron chi connectivity index (χ1n) is 8.49. The quantitative estimate of drug-likeness (QED) is 0.650. The summed E-state index contributed by atoms with van der Waals surface area (Å²) in [4.78, 5) is 12.2. The van der Waals surface area contributed by atoms with E-state index in [-0.39, 0.29) is 36.9 Å². The van der Waals surface area contributed by atoms with Gasteiger partial charge in [-0.15, -0.1) is 0 Å². The highest BCUT2D eigenvalue weighted by molar-refractivity contribution is 7.88. The second-order valence-corrected chi connectivity index (χ2v) is 8.65. The van der Waals surface area contributed by atoms with Crippen molar-refractivity contribution >= 4 is 15.9 Å². The second-order valence-electron chi connectivity index (χ2n) is 6.81. The summed E-state index contributed by atoms with van der Waals surface area (Å²) in [5.41, 5.74) is 2.14. The molecule has 1 heterocycles. The number of hydrogen-bond acceptors (Lipinski definition) is 5. The number of benzene rings is 1. The van der Waals surface area contributed by atoms with Crippen LogP contribution in [0.15, 0.2) is 18.2 Å². The van der Waals surface area contributed by atoms with Crippen LogP contribution < -0.4 is 14.8 Å². The standard InChI is InChI=1S/C17H24N2O5S/c1-25(22,23)18-6-4-16(21)19-17(13-9-14(20)10-13)12-2-3-15-11(8-12)5-7-24-15/h2-3,8,13-14,17-18,20H,4-7,9-10H2,1H3,(H,19,21)/t13?,14?,17-/m0/s1. The molecule has 138 valence electrons. The number of nitrogens with one attached hydrogen (secondary N) is 2. The molecule has 1 aromatic rings. The van der Waals surface area contributed by atoms with Crippen molar-refractivity contribution in [2.24, 2.45) is 5.92 Å². The van der Waals surface area contributed by atoms with Crippen LogP contribution in [0.1, 0.15) is 36.4 Å². The van der Waals surface area contributed by atoms with Gasteiger partial charge in [0.2, 0.25) is 15.9 Å². The van der Waals surface area contributed by atoms with Gasteiger partial charge in [0.1, 0.15) is 5.75 Å². The second kappa shape index (κ2) is 7.31. The monoisotopic (exact) mass is 368 g/mol. The predicted molar refractivity (Wildman–Crippen MR) is 92.7 cm³/mol. The molecular formula is C17H24N2O5S. The molecule has 3 rings (SSSR count). The molecule has 3 N–H and O–H groups in total. The van der Waals surface area contributed by atoms with Gasteiger partial charge in [0, 0.05) is 19.4 Å². The van der Waals surface area contributed by atoms with Crippen LogP contribution in [-0.2, 0) is 21.2 Å². The third kappa shape index (κ3) is 4.71. The van der Waals surface area contributed by atoms with Gasteiger partial charge in [-0.1, -0.05) is 6.07 Å². The molecule has 0 aromatic heterocycles. The van der Waals surface area contributed by atoms with Crippen LogP contribution >= 0.6 is 0 Å². The zero-order chi connectivity index (χ0) is 18.0. The molecule has 8 heteroatoms. The van der Waals surface area contributed by atoms with E-state index in [0.717, 1.165) is 29.6 Å². The maximum atomic E-state index is 12.2. The molecule has 1 aromatic carbocycles. The first-order valence-corrected chi connectivity index (χ1v) is 10.4. The molecule has 7 nitrogen and oxygen atoms in total. The highest BCUT2D eigenvalue weighted by Crippen LogP contribution is 2.39. The number of amides is 1. The molecule has 2 aliphatic rings. The van der Waals surface area contributed by atoms with Gasteiger partial charge in [-0.25, -0.2) is 13.1 Å². The molecule has 1 aliphatic carbocycles. The molecule has 0 saturated heterocycles. The van der Waals surface area contributed by atoms with Crippen molar-refractivity contribution in [2.45, 2.75) is 37.8 Å². The summed E-state index contributed by atoms with van der Waals surface area (Å²) >= 11 is 0. The third-order valence-corrected chi connectivity index (χ3v) is 5.45. The summed E-state index contributed by atoms with van der Waals surface area (Å²) in [6, 6.07) is 5.76.